The lowest BCUT2D eigenvalue weighted by molar-refractivity contribution is -0.154. The SMILES string of the molecule is C#CC#CC#CC#CC#CC#CC#CC#CC(CC)C(C(=O)NCCN)C(CC)C(=O)NCCO.C#CC#CC#CC#CC#CC#CC#CC#CC(CC)C(C(=O)NCCN)C(CC)C(=O)O.C#CC#CC#CC#CC#CC#CC#CC#CC(CC)C(C(=O)NCCO)C(CC)C(=O)O.C#CC#CC#CC#CC#CC#CC#CC#CC(CC)C1C(=O)OC(=O)C1CC.NCCO. The molecule has 1 heterocycles. The van der Waals surface area contributed by atoms with E-state index in [2.05, 4.69) is 376 Å². The predicted octanol–water partition coefficient (Wildman–Crippen LogP) is 0.805. The van der Waals surface area contributed by atoms with E-state index in [4.69, 9.17) is 63.0 Å². The van der Waals surface area contributed by atoms with Crippen LogP contribution in [0.2, 0.25) is 0 Å². The molecule has 0 aromatic rings. The average Bonchev–Trinajstić information content (AvgIpc) is 1.66. The molecule has 12 atom stereocenters. The Bertz CT molecular complexity index is 6010. The molecular weight excluding hydrogens is 1640 g/mol. The number of hydrogen-bond acceptors (Lipinski definition) is 15. The molecule has 4 amide bonds. The molecule has 1 aliphatic rings. The van der Waals surface area contributed by atoms with Gasteiger partial charge in [-0.2, -0.15) is 0 Å². The van der Waals surface area contributed by atoms with Crippen molar-refractivity contribution in [2.75, 3.05) is 65.6 Å². The Morgan fingerprint density at radius 3 is 0.718 bits per heavy atom. The fraction of sp³-hybridized carbons (Fsp3) is 0.345. The standard InChI is InChI=1S/C29H27N3O3.C27H22N2O3.C27H21NO4.C25H14O3.C2H7NO/c1-4-7-8-9-10-11-12-13-14-15-16-17-18-19-20-25(5-2)27(29(35)31-22-21-30)26(6-3)28(34)32-23-24-33;1-4-7-8-9-10-11-12-13-14-15-16-17-18-19-20-23(5-2)25(24(6-3)27(31)32)26(30)29-22-21-28;1-4-7-8-9-10-11-12-13-14-15-16-17-18-19-20-23(5-2)25(24(6-3)27(31)32)26(30)28-21-22-29;1-4-7-8-9-10-11-12-13-14-15-16-17-18-19-20-21(5-2)23-22(6-3)24(26)28-25(23)27;3-1-2-4/h1,25-27,33H,5-6,21-24,30H2,2-3H3,(H,31,35)(H,32,34);1,23-25H,5-6,21-22,28H2,2-3H3,(H,29,30)(H,31,32);1,23-25,29H,5-6,21-22H2,2-3H3,(H,28,30)(H,31,32);1,21-23H,5-6H2,2-3H3;4H,1-3H2. The summed E-state index contributed by atoms with van der Waals surface area (Å²) in [5.41, 5.74) is 15.7. The van der Waals surface area contributed by atoms with Gasteiger partial charge >= 0.3 is 23.9 Å². The van der Waals surface area contributed by atoms with Crippen LogP contribution in [-0.2, 0) is 43.1 Å². The molecule has 0 aromatic heterocycles. The van der Waals surface area contributed by atoms with Gasteiger partial charge in [0, 0.05) is 69.5 Å². The minimum atomic E-state index is -1.07. The normalized spacial score (nSPS) is 11.5. The van der Waals surface area contributed by atoms with E-state index in [-0.39, 0.29) is 82.6 Å². The lowest BCUT2D eigenvalue weighted by Crippen LogP contribution is -2.46. The Hall–Kier alpha value is -18.4. The Kier molecular flexibility index (Phi) is 79.9. The first-order valence-electron chi connectivity index (χ1n) is 39.8. The quantitative estimate of drug-likeness (QED) is 0.0269. The topological polar surface area (TPSA) is 373 Å². The highest BCUT2D eigenvalue weighted by atomic mass is 16.6. The molecule has 12 unspecified atom stereocenters. The number of carboxylic acids is 2. The van der Waals surface area contributed by atoms with E-state index in [0.717, 1.165) is 0 Å². The number of nitrogens with one attached hydrogen (secondary N) is 4. The minimum absolute atomic E-state index is 0.0441. The third-order valence-corrected chi connectivity index (χ3v) is 15.8. The van der Waals surface area contributed by atoms with Crippen molar-refractivity contribution < 1.29 is 68.6 Å². The number of terminal acetylenes is 4. The van der Waals surface area contributed by atoms with Crippen LogP contribution in [0.4, 0.5) is 0 Å². The molecule has 650 valence electrons. The van der Waals surface area contributed by atoms with E-state index < -0.39 is 94.9 Å². The first-order chi connectivity index (χ1) is 63.7. The number of carbonyl (C=O) groups is 8. The van der Waals surface area contributed by atoms with E-state index in [1.807, 2.05) is 41.5 Å². The molecule has 0 saturated carbocycles. The summed E-state index contributed by atoms with van der Waals surface area (Å²) in [5.74, 6) is 138. The maximum Gasteiger partial charge on any atom is 0.318 e. The summed E-state index contributed by atoms with van der Waals surface area (Å²) in [6, 6.07) is 0. The van der Waals surface area contributed by atoms with E-state index in [1.54, 1.807) is 13.8 Å². The number of ether oxygens (including phenoxy) is 1. The molecule has 0 spiro atoms. The van der Waals surface area contributed by atoms with Crippen LogP contribution in [0.25, 0.3) is 0 Å². The van der Waals surface area contributed by atoms with Crippen molar-refractivity contribution >= 4 is 47.5 Å². The van der Waals surface area contributed by atoms with Crippen molar-refractivity contribution in [3.8, 4) is 381 Å². The number of esters is 2. The number of cyclic esters (lactones) is 2. The maximum atomic E-state index is 12.9. The van der Waals surface area contributed by atoms with Crippen LogP contribution in [0.1, 0.15) is 107 Å². The third kappa shape index (κ3) is 62.4. The number of nitrogens with two attached hydrogens (primary N) is 3. The molecular formula is C110H91N7O14. The fourth-order valence-electron chi connectivity index (χ4n) is 10.2. The van der Waals surface area contributed by atoms with Crippen molar-refractivity contribution in [1.82, 2.24) is 21.3 Å². The smallest absolute Gasteiger partial charge is 0.318 e. The van der Waals surface area contributed by atoms with Crippen LogP contribution in [0.3, 0.4) is 0 Å². The Labute approximate surface area is 774 Å². The molecule has 131 heavy (non-hydrogen) atoms. The molecule has 0 bridgehead atoms. The first-order valence-corrected chi connectivity index (χ1v) is 39.8. The summed E-state index contributed by atoms with van der Waals surface area (Å²) in [6.07, 6.45) is 23.4. The monoisotopic (exact) mass is 1730 g/mol. The summed E-state index contributed by atoms with van der Waals surface area (Å²) >= 11 is 0. The number of hydrogen-bond donors (Lipinski definition) is 12. The molecule has 0 aromatic carbocycles. The van der Waals surface area contributed by atoms with Crippen molar-refractivity contribution in [1.29, 1.82) is 0 Å². The van der Waals surface area contributed by atoms with Gasteiger partial charge in [-0.1, -0.05) is 79.1 Å². The summed E-state index contributed by atoms with van der Waals surface area (Å²) in [4.78, 5) is 97.3. The summed E-state index contributed by atoms with van der Waals surface area (Å²) in [5, 5.41) is 55.3. The van der Waals surface area contributed by atoms with Gasteiger partial charge in [-0.25, -0.2) is 0 Å². The van der Waals surface area contributed by atoms with Crippen LogP contribution in [0, 0.1) is 452 Å². The van der Waals surface area contributed by atoms with E-state index in [1.165, 1.54) is 0 Å². The molecule has 0 aliphatic carbocycles. The zero-order chi connectivity index (χ0) is 98.2. The van der Waals surface area contributed by atoms with Gasteiger partial charge in [-0.3, -0.25) is 38.4 Å². The van der Waals surface area contributed by atoms with Gasteiger partial charge in [0.05, 0.1) is 67.2 Å². The number of amides is 4. The van der Waals surface area contributed by atoms with E-state index in [0.29, 0.717) is 58.0 Å². The highest BCUT2D eigenvalue weighted by Crippen LogP contribution is 2.34. The van der Waals surface area contributed by atoms with Crippen LogP contribution in [0.15, 0.2) is 0 Å². The Balaban J connectivity index is -0.000000810. The molecule has 0 radical (unpaired) electrons. The average molecular weight is 1730 g/mol. The highest BCUT2D eigenvalue weighted by molar-refractivity contribution is 5.97. The van der Waals surface area contributed by atoms with Crippen LogP contribution in [-0.4, -0.2) is 139 Å². The second-order valence-electron chi connectivity index (χ2n) is 24.0. The van der Waals surface area contributed by atoms with Crippen LogP contribution in [0.5, 0.6) is 0 Å². The van der Waals surface area contributed by atoms with Gasteiger partial charge in [0.15, 0.2) is 0 Å². The first kappa shape index (κ1) is 119. The van der Waals surface area contributed by atoms with Gasteiger partial charge in [0.2, 0.25) is 23.6 Å². The lowest BCUT2D eigenvalue weighted by Gasteiger charge is -2.28. The largest absolute Gasteiger partial charge is 0.481 e. The van der Waals surface area contributed by atoms with Crippen molar-refractivity contribution in [2.24, 2.45) is 88.2 Å². The highest BCUT2D eigenvalue weighted by Gasteiger charge is 2.47. The molecule has 15 N–H and O–H groups in total. The van der Waals surface area contributed by atoms with Gasteiger partial charge < -0.3 is 68.7 Å². The predicted molar refractivity (Wildman–Crippen MR) is 504 cm³/mol. The van der Waals surface area contributed by atoms with Gasteiger partial charge in [0.25, 0.3) is 0 Å². The molecule has 1 rings (SSSR count). The number of aliphatic hydroxyl groups excluding tert-OH is 3. The Morgan fingerprint density at radius 1 is 0.298 bits per heavy atom. The van der Waals surface area contributed by atoms with Crippen molar-refractivity contribution in [3.63, 3.8) is 0 Å². The number of aliphatic hydroxyl groups is 3. The molecule has 1 saturated heterocycles. The van der Waals surface area contributed by atoms with Crippen LogP contribution < -0.4 is 38.5 Å². The van der Waals surface area contributed by atoms with Crippen LogP contribution >= 0.6 is 0 Å². The van der Waals surface area contributed by atoms with E-state index in [9.17, 15) is 48.6 Å². The number of carboxylic acid groups (broad SMARTS) is 2. The van der Waals surface area contributed by atoms with Gasteiger partial charge in [0.1, 0.15) is 0 Å². The van der Waals surface area contributed by atoms with Gasteiger partial charge in [-0.15, -0.1) is 25.7 Å². The molecule has 1 fully saturated rings. The summed E-state index contributed by atoms with van der Waals surface area (Å²) < 4.78 is 4.73. The zero-order valence-electron chi connectivity index (χ0n) is 73.6. The van der Waals surface area contributed by atoms with Crippen molar-refractivity contribution in [2.45, 2.75) is 107 Å². The molecule has 21 nitrogen and oxygen atoms in total. The lowest BCUT2D eigenvalue weighted by atomic mass is 9.77. The van der Waals surface area contributed by atoms with Gasteiger partial charge in [-0.05, 0) is 383 Å². The fourth-order valence-corrected chi connectivity index (χ4v) is 10.2. The molecule has 1 aliphatic heterocycles. The number of carbonyl (C=O) groups excluding carboxylic acids is 6. The number of aliphatic carboxylic acids is 2. The summed E-state index contributed by atoms with van der Waals surface area (Å²) in [6.45, 7) is 15.8. The minimum Gasteiger partial charge on any atom is -0.481 e. The second-order valence-corrected chi connectivity index (χ2v) is 24.0. The molecule has 21 heteroatoms. The third-order valence-electron chi connectivity index (χ3n) is 15.8. The summed E-state index contributed by atoms with van der Waals surface area (Å²) in [7, 11) is 0. The van der Waals surface area contributed by atoms with E-state index >= 15 is 0 Å². The van der Waals surface area contributed by atoms with Crippen molar-refractivity contribution in [3.05, 3.63) is 0 Å². The maximum absolute atomic E-state index is 12.9. The zero-order valence-corrected chi connectivity index (χ0v) is 73.6. The number of rotatable bonds is 30. The second kappa shape index (κ2) is 88.0. The Morgan fingerprint density at radius 2 is 0.519 bits per heavy atom.